The van der Waals surface area contributed by atoms with Crippen LogP contribution < -0.4 is 21.3 Å². The summed E-state index contributed by atoms with van der Waals surface area (Å²) in [5.41, 5.74) is 6.58. The third-order valence-electron chi connectivity index (χ3n) is 3.88. The molecule has 34 heavy (non-hydrogen) atoms. The first-order valence-corrected chi connectivity index (χ1v) is 10.9. The van der Waals surface area contributed by atoms with Crippen LogP contribution in [0, 0.1) is 15.5 Å². The standard InChI is InChI=1S/C15H27N7O3S.C4H4O4/c1-18-13(10-22(23)24)19-7-5-3-4-6-12-11-26-15(20-12)21(14(16)17)8-9-25-2;5-3(6)1-2-4(7)8/h10-11,18-19H,3-9H2,1-2H3,(H3,16,17);1-2H,(H,5,6)(H,7,8)/b13-10+;2-1+. The number of carbonyl (C=O) groups is 2. The van der Waals surface area contributed by atoms with Crippen LogP contribution in [0.25, 0.3) is 0 Å². The highest BCUT2D eigenvalue weighted by molar-refractivity contribution is 7.14. The number of nitrogens with two attached hydrogens (primary N) is 1. The van der Waals surface area contributed by atoms with Gasteiger partial charge in [0.2, 0.25) is 0 Å². The molecule has 0 aliphatic carbocycles. The van der Waals surface area contributed by atoms with Gasteiger partial charge < -0.3 is 31.3 Å². The number of aliphatic carboxylic acids is 2. The molecule has 1 heterocycles. The van der Waals surface area contributed by atoms with Gasteiger partial charge in [-0.1, -0.05) is 6.42 Å². The molecule has 14 nitrogen and oxygen atoms in total. The fourth-order valence-electron chi connectivity index (χ4n) is 2.31. The van der Waals surface area contributed by atoms with Gasteiger partial charge in [0.15, 0.2) is 16.9 Å². The third-order valence-corrected chi connectivity index (χ3v) is 4.79. The minimum Gasteiger partial charge on any atom is -0.478 e. The Bertz CT molecular complexity index is 842. The first-order valence-electron chi connectivity index (χ1n) is 10.1. The molecule has 1 aromatic rings. The Kier molecular flexibility index (Phi) is 15.8. The number of nitrogens with one attached hydrogen (secondary N) is 3. The second-order valence-electron chi connectivity index (χ2n) is 6.48. The van der Waals surface area contributed by atoms with Crippen molar-refractivity contribution in [2.75, 3.05) is 38.8 Å². The summed E-state index contributed by atoms with van der Waals surface area (Å²) in [4.78, 5) is 35.2. The molecule has 1 aromatic heterocycles. The van der Waals surface area contributed by atoms with E-state index in [4.69, 9.17) is 26.1 Å². The van der Waals surface area contributed by atoms with Crippen molar-refractivity contribution < 1.29 is 29.5 Å². The zero-order valence-corrected chi connectivity index (χ0v) is 19.8. The molecule has 0 spiro atoms. The zero-order chi connectivity index (χ0) is 25.9. The Labute approximate surface area is 200 Å². The molecule has 0 saturated carbocycles. The molecule has 0 fully saturated rings. The Hall–Kier alpha value is -3.72. The molecular formula is C19H31N7O7S. The summed E-state index contributed by atoms with van der Waals surface area (Å²) in [6.45, 7) is 1.63. The van der Waals surface area contributed by atoms with Gasteiger partial charge in [0.25, 0.3) is 6.20 Å². The SMILES string of the molecule is CN/C(=C\[N+](=O)[O-])NCCCCCc1csc(N(CCOC)C(=N)N)n1.O=C(O)/C=C/C(=O)O. The van der Waals surface area contributed by atoms with Gasteiger partial charge in [0.05, 0.1) is 23.8 Å². The molecular weight excluding hydrogens is 470 g/mol. The Balaban J connectivity index is 0.00000116. The average Bonchev–Trinajstić information content (AvgIpc) is 3.22. The van der Waals surface area contributed by atoms with Crippen LogP contribution in [0.3, 0.4) is 0 Å². The fraction of sp³-hybridized carbons (Fsp3) is 0.474. The minimum absolute atomic E-state index is 0.0443. The highest BCUT2D eigenvalue weighted by Crippen LogP contribution is 2.21. The number of aromatic nitrogens is 1. The molecule has 0 aliphatic rings. The van der Waals surface area contributed by atoms with Crippen molar-refractivity contribution in [2.24, 2.45) is 5.73 Å². The predicted octanol–water partition coefficient (Wildman–Crippen LogP) is 0.799. The number of ether oxygens (including phenoxy) is 1. The number of unbranched alkanes of at least 4 members (excludes halogenated alkanes) is 2. The van der Waals surface area contributed by atoms with Crippen LogP contribution >= 0.6 is 11.3 Å². The first kappa shape index (κ1) is 30.3. The van der Waals surface area contributed by atoms with Crippen LogP contribution in [0.15, 0.2) is 29.6 Å². The van der Waals surface area contributed by atoms with Crippen LogP contribution in [0.2, 0.25) is 0 Å². The molecule has 0 unspecified atom stereocenters. The molecule has 15 heteroatoms. The normalized spacial score (nSPS) is 10.8. The van der Waals surface area contributed by atoms with Gasteiger partial charge in [-0.3, -0.25) is 20.4 Å². The van der Waals surface area contributed by atoms with Gasteiger partial charge in [0.1, 0.15) is 0 Å². The number of methoxy groups -OCH3 is 1. The number of carboxylic acid groups (broad SMARTS) is 2. The summed E-state index contributed by atoms with van der Waals surface area (Å²) in [6.07, 6.45) is 5.73. The van der Waals surface area contributed by atoms with E-state index in [0.717, 1.165) is 37.6 Å². The van der Waals surface area contributed by atoms with Crippen LogP contribution in [0.1, 0.15) is 25.0 Å². The number of hydrogen-bond acceptors (Lipinski definition) is 10. The third kappa shape index (κ3) is 15.1. The van der Waals surface area contributed by atoms with Crippen molar-refractivity contribution >= 4 is 34.4 Å². The topological polar surface area (TPSA) is 217 Å². The van der Waals surface area contributed by atoms with Crippen LogP contribution in [-0.2, 0) is 20.7 Å². The Morgan fingerprint density at radius 3 is 2.47 bits per heavy atom. The lowest BCUT2D eigenvalue weighted by Crippen LogP contribution is -2.38. The number of thiazole rings is 1. The van der Waals surface area contributed by atoms with Crippen molar-refractivity contribution in [3.05, 3.63) is 45.4 Å². The zero-order valence-electron chi connectivity index (χ0n) is 19.0. The van der Waals surface area contributed by atoms with Gasteiger partial charge in [-0.15, -0.1) is 11.3 Å². The summed E-state index contributed by atoms with van der Waals surface area (Å²) >= 11 is 1.46. The fourth-order valence-corrected chi connectivity index (χ4v) is 3.21. The lowest BCUT2D eigenvalue weighted by molar-refractivity contribution is -0.404. The van der Waals surface area contributed by atoms with Crippen molar-refractivity contribution in [1.82, 2.24) is 15.6 Å². The summed E-state index contributed by atoms with van der Waals surface area (Å²) in [5.74, 6) is -2.16. The first-order chi connectivity index (χ1) is 16.1. The molecule has 0 amide bonds. The van der Waals surface area contributed by atoms with Crippen molar-refractivity contribution in [1.29, 1.82) is 5.41 Å². The highest BCUT2D eigenvalue weighted by Gasteiger charge is 2.13. The summed E-state index contributed by atoms with van der Waals surface area (Å²) < 4.78 is 5.03. The van der Waals surface area contributed by atoms with E-state index in [9.17, 15) is 19.7 Å². The lowest BCUT2D eigenvalue weighted by atomic mass is 10.1. The van der Waals surface area contributed by atoms with E-state index in [-0.39, 0.29) is 5.96 Å². The van der Waals surface area contributed by atoms with Gasteiger partial charge in [-0.05, 0) is 19.3 Å². The maximum atomic E-state index is 10.4. The quantitative estimate of drug-likeness (QED) is 0.0491. The number of nitro groups is 1. The number of aryl methyl sites for hydroxylation is 1. The minimum atomic E-state index is -1.26. The van der Waals surface area contributed by atoms with E-state index in [1.165, 1.54) is 11.3 Å². The van der Waals surface area contributed by atoms with Gasteiger partial charge >= 0.3 is 11.9 Å². The molecule has 0 atom stereocenters. The maximum absolute atomic E-state index is 10.4. The second kappa shape index (κ2) is 17.8. The molecule has 1 rings (SSSR count). The summed E-state index contributed by atoms with van der Waals surface area (Å²) in [7, 11) is 3.24. The van der Waals surface area contributed by atoms with Gasteiger partial charge in [0, 0.05) is 38.2 Å². The Morgan fingerprint density at radius 2 is 1.97 bits per heavy atom. The molecule has 0 aliphatic heterocycles. The second-order valence-corrected chi connectivity index (χ2v) is 7.31. The molecule has 190 valence electrons. The number of carboxylic acids is 2. The molecule has 7 N–H and O–H groups in total. The molecule has 0 bridgehead atoms. The van der Waals surface area contributed by atoms with Gasteiger partial charge in [-0.2, -0.15) is 0 Å². The molecule has 0 radical (unpaired) electrons. The van der Waals surface area contributed by atoms with E-state index >= 15 is 0 Å². The molecule has 0 saturated heterocycles. The van der Waals surface area contributed by atoms with Crippen molar-refractivity contribution in [2.45, 2.75) is 25.7 Å². The monoisotopic (exact) mass is 501 g/mol. The summed E-state index contributed by atoms with van der Waals surface area (Å²) in [6, 6.07) is 0. The largest absolute Gasteiger partial charge is 0.478 e. The molecule has 0 aromatic carbocycles. The van der Waals surface area contributed by atoms with Gasteiger partial charge in [-0.25, -0.2) is 14.6 Å². The maximum Gasteiger partial charge on any atom is 0.328 e. The summed E-state index contributed by atoms with van der Waals surface area (Å²) in [5, 5.41) is 42.1. The number of guanidine groups is 1. The van der Waals surface area contributed by atoms with E-state index in [1.807, 2.05) is 5.38 Å². The van der Waals surface area contributed by atoms with E-state index in [1.54, 1.807) is 19.1 Å². The van der Waals surface area contributed by atoms with Crippen molar-refractivity contribution in [3.8, 4) is 0 Å². The van der Waals surface area contributed by atoms with E-state index in [0.29, 0.717) is 42.8 Å². The lowest BCUT2D eigenvalue weighted by Gasteiger charge is -2.18. The number of rotatable bonds is 15. The average molecular weight is 502 g/mol. The van der Waals surface area contributed by atoms with Crippen LogP contribution in [-0.4, -0.2) is 71.9 Å². The van der Waals surface area contributed by atoms with E-state index in [2.05, 4.69) is 15.6 Å². The van der Waals surface area contributed by atoms with Crippen LogP contribution in [0.4, 0.5) is 5.13 Å². The highest BCUT2D eigenvalue weighted by atomic mass is 32.1. The number of anilines is 1. The van der Waals surface area contributed by atoms with E-state index < -0.39 is 16.9 Å². The number of hydrogen-bond donors (Lipinski definition) is 6. The smallest absolute Gasteiger partial charge is 0.328 e. The predicted molar refractivity (Wildman–Crippen MR) is 127 cm³/mol. The Morgan fingerprint density at radius 1 is 1.32 bits per heavy atom. The number of nitrogens with zero attached hydrogens (tertiary/aromatic N) is 3. The van der Waals surface area contributed by atoms with Crippen molar-refractivity contribution in [3.63, 3.8) is 0 Å². The van der Waals surface area contributed by atoms with Crippen LogP contribution in [0.5, 0.6) is 0 Å².